The highest BCUT2D eigenvalue weighted by Crippen LogP contribution is 2.43. The number of halogens is 2. The normalized spacial score (nSPS) is 15.0. The molecule has 1 atom stereocenters. The van der Waals surface area contributed by atoms with Crippen LogP contribution >= 0.6 is 35.0 Å². The molecule has 0 aromatic heterocycles. The number of thioether (sulfide) groups is 1. The van der Waals surface area contributed by atoms with Gasteiger partial charge in [-0.05, 0) is 55.0 Å². The van der Waals surface area contributed by atoms with Gasteiger partial charge in [0.25, 0.3) is 5.91 Å². The first-order valence-corrected chi connectivity index (χ1v) is 13.0. The van der Waals surface area contributed by atoms with Crippen molar-refractivity contribution in [3.8, 4) is 6.07 Å². The number of carbonyl (C=O) groups is 2. The van der Waals surface area contributed by atoms with E-state index in [1.54, 1.807) is 61.5 Å². The van der Waals surface area contributed by atoms with E-state index in [2.05, 4.69) is 22.0 Å². The molecule has 1 heterocycles. The van der Waals surface area contributed by atoms with Crippen LogP contribution < -0.4 is 16.0 Å². The van der Waals surface area contributed by atoms with Crippen LogP contribution in [0.25, 0.3) is 0 Å². The second-order valence-electron chi connectivity index (χ2n) is 8.14. The first kappa shape index (κ1) is 26.4. The summed E-state index contributed by atoms with van der Waals surface area (Å²) in [7, 11) is 0. The van der Waals surface area contributed by atoms with Gasteiger partial charge in [-0.15, -0.1) is 0 Å². The van der Waals surface area contributed by atoms with Gasteiger partial charge in [-0.25, -0.2) is 0 Å². The van der Waals surface area contributed by atoms with Gasteiger partial charge in [0.15, 0.2) is 0 Å². The van der Waals surface area contributed by atoms with Gasteiger partial charge in [0, 0.05) is 32.7 Å². The molecule has 3 aromatic carbocycles. The van der Waals surface area contributed by atoms with Crippen molar-refractivity contribution in [3.63, 3.8) is 0 Å². The molecule has 1 unspecified atom stereocenters. The van der Waals surface area contributed by atoms with Crippen molar-refractivity contribution in [2.24, 2.45) is 0 Å². The fraction of sp³-hybridized carbons (Fsp3) is 0.107. The summed E-state index contributed by atoms with van der Waals surface area (Å²) in [5.41, 5.74) is 3.13. The number of nitrogens with zero attached hydrogens (tertiary/aromatic N) is 1. The first-order chi connectivity index (χ1) is 17.9. The van der Waals surface area contributed by atoms with E-state index in [-0.39, 0.29) is 17.6 Å². The lowest BCUT2D eigenvalue weighted by atomic mass is 9.82. The van der Waals surface area contributed by atoms with Crippen molar-refractivity contribution in [1.29, 1.82) is 5.26 Å². The molecule has 0 aliphatic carbocycles. The molecule has 3 aromatic rings. The van der Waals surface area contributed by atoms with Gasteiger partial charge in [-0.3, -0.25) is 9.59 Å². The summed E-state index contributed by atoms with van der Waals surface area (Å²) < 4.78 is 0. The third kappa shape index (κ3) is 6.36. The monoisotopic (exact) mass is 548 g/mol. The third-order valence-electron chi connectivity index (χ3n) is 5.62. The molecule has 0 bridgehead atoms. The number of rotatable bonds is 7. The van der Waals surface area contributed by atoms with E-state index < -0.39 is 5.92 Å². The van der Waals surface area contributed by atoms with Gasteiger partial charge >= 0.3 is 0 Å². The minimum Gasteiger partial charge on any atom is -0.353 e. The summed E-state index contributed by atoms with van der Waals surface area (Å²) in [6.07, 6.45) is 0. The van der Waals surface area contributed by atoms with E-state index in [0.717, 1.165) is 0 Å². The maximum Gasteiger partial charge on any atom is 0.254 e. The molecule has 1 aliphatic rings. The Morgan fingerprint density at radius 2 is 1.59 bits per heavy atom. The van der Waals surface area contributed by atoms with Crippen molar-refractivity contribution in [1.82, 2.24) is 5.32 Å². The van der Waals surface area contributed by atoms with Crippen LogP contribution in [0.5, 0.6) is 0 Å². The molecule has 0 saturated heterocycles. The fourth-order valence-electron chi connectivity index (χ4n) is 3.94. The van der Waals surface area contributed by atoms with Crippen LogP contribution in [-0.4, -0.2) is 17.6 Å². The number of anilines is 2. The van der Waals surface area contributed by atoms with Crippen molar-refractivity contribution in [3.05, 3.63) is 116 Å². The standard InChI is InChI=1S/C28H22Cl2N4O2S/c1-17-25(27(36)34-19-7-3-2-4-8-19)26(21-9-5-6-10-23(21)30)22(15-31)28(32-17)37-16-24(35)33-20-13-11-18(29)12-14-20/h2-14,26,32H,16H2,1H3,(H,33,35)(H,34,36). The van der Waals surface area contributed by atoms with Crippen LogP contribution in [0, 0.1) is 11.3 Å². The minimum atomic E-state index is -0.717. The molecule has 3 N–H and O–H groups in total. The Kier molecular flexibility index (Phi) is 8.57. The van der Waals surface area contributed by atoms with Gasteiger partial charge in [0.05, 0.1) is 28.3 Å². The lowest BCUT2D eigenvalue weighted by Crippen LogP contribution is -2.31. The molecule has 4 rings (SSSR count). The Hall–Kier alpha value is -3.70. The molecule has 1 aliphatic heterocycles. The number of hydrogen-bond acceptors (Lipinski definition) is 5. The van der Waals surface area contributed by atoms with Gasteiger partial charge in [-0.2, -0.15) is 5.26 Å². The van der Waals surface area contributed by atoms with E-state index in [4.69, 9.17) is 23.2 Å². The van der Waals surface area contributed by atoms with Crippen LogP contribution in [-0.2, 0) is 9.59 Å². The maximum absolute atomic E-state index is 13.5. The average Bonchev–Trinajstić information content (AvgIpc) is 2.89. The molecule has 37 heavy (non-hydrogen) atoms. The van der Waals surface area contributed by atoms with Gasteiger partial charge in [0.1, 0.15) is 0 Å². The Bertz CT molecular complexity index is 1430. The third-order valence-corrected chi connectivity index (χ3v) is 7.23. The van der Waals surface area contributed by atoms with Crippen LogP contribution in [0.3, 0.4) is 0 Å². The minimum absolute atomic E-state index is 0.0458. The maximum atomic E-state index is 13.5. The number of nitrogens with one attached hydrogen (secondary N) is 3. The predicted molar refractivity (Wildman–Crippen MR) is 150 cm³/mol. The number of benzene rings is 3. The van der Waals surface area contributed by atoms with Crippen molar-refractivity contribution >= 4 is 58.2 Å². The van der Waals surface area contributed by atoms with Crippen LogP contribution in [0.2, 0.25) is 10.0 Å². The largest absolute Gasteiger partial charge is 0.353 e. The summed E-state index contributed by atoms with van der Waals surface area (Å²) in [5, 5.41) is 20.6. The molecule has 0 fully saturated rings. The Morgan fingerprint density at radius 3 is 2.27 bits per heavy atom. The van der Waals surface area contributed by atoms with Gasteiger partial charge < -0.3 is 16.0 Å². The highest BCUT2D eigenvalue weighted by Gasteiger charge is 2.35. The lowest BCUT2D eigenvalue weighted by molar-refractivity contribution is -0.114. The second kappa shape index (κ2) is 12.0. The van der Waals surface area contributed by atoms with Gasteiger partial charge in [0.2, 0.25) is 5.91 Å². The molecule has 186 valence electrons. The van der Waals surface area contributed by atoms with E-state index in [0.29, 0.717) is 48.9 Å². The van der Waals surface area contributed by atoms with Crippen molar-refractivity contribution in [2.75, 3.05) is 16.4 Å². The van der Waals surface area contributed by atoms with E-state index >= 15 is 0 Å². The van der Waals surface area contributed by atoms with E-state index in [9.17, 15) is 14.9 Å². The van der Waals surface area contributed by atoms with E-state index in [1.807, 2.05) is 24.3 Å². The van der Waals surface area contributed by atoms with Crippen molar-refractivity contribution < 1.29 is 9.59 Å². The first-order valence-electron chi connectivity index (χ1n) is 11.3. The molecule has 2 amide bonds. The van der Waals surface area contributed by atoms with Crippen LogP contribution in [0.15, 0.2) is 101 Å². The molecule has 0 spiro atoms. The van der Waals surface area contributed by atoms with Crippen LogP contribution in [0.4, 0.5) is 11.4 Å². The summed E-state index contributed by atoms with van der Waals surface area (Å²) in [6.45, 7) is 1.77. The smallest absolute Gasteiger partial charge is 0.254 e. The second-order valence-corrected chi connectivity index (χ2v) is 9.97. The highest BCUT2D eigenvalue weighted by molar-refractivity contribution is 8.03. The molecule has 6 nitrogen and oxygen atoms in total. The topological polar surface area (TPSA) is 94.0 Å². The predicted octanol–water partition coefficient (Wildman–Crippen LogP) is 6.70. The quantitative estimate of drug-likeness (QED) is 0.305. The molecule has 9 heteroatoms. The van der Waals surface area contributed by atoms with Crippen LogP contribution in [0.1, 0.15) is 18.4 Å². The number of hydrogen-bond donors (Lipinski definition) is 3. The van der Waals surface area contributed by atoms with Crippen molar-refractivity contribution in [2.45, 2.75) is 12.8 Å². The Balaban J connectivity index is 1.63. The molecular weight excluding hydrogens is 527 g/mol. The zero-order valence-electron chi connectivity index (χ0n) is 19.7. The SMILES string of the molecule is CC1=C(C(=O)Nc2ccccc2)C(c2ccccc2Cl)C(C#N)=C(SCC(=O)Nc2ccc(Cl)cc2)N1. The summed E-state index contributed by atoms with van der Waals surface area (Å²) in [4.78, 5) is 26.1. The average molecular weight is 549 g/mol. The van der Waals surface area contributed by atoms with Gasteiger partial charge in [-0.1, -0.05) is 71.4 Å². The number of amides is 2. The number of dihydropyridines is 1. The molecule has 0 saturated carbocycles. The molecular formula is C28H22Cl2N4O2S. The Labute approximate surface area is 229 Å². The fourth-order valence-corrected chi connectivity index (χ4v) is 5.20. The summed E-state index contributed by atoms with van der Waals surface area (Å²) in [6, 6.07) is 25.3. The highest BCUT2D eigenvalue weighted by atomic mass is 35.5. The number of para-hydroxylation sites is 1. The number of nitriles is 1. The lowest BCUT2D eigenvalue weighted by Gasteiger charge is -2.30. The van der Waals surface area contributed by atoms with E-state index in [1.165, 1.54) is 11.8 Å². The zero-order valence-corrected chi connectivity index (χ0v) is 22.0. The Morgan fingerprint density at radius 1 is 0.946 bits per heavy atom. The molecule has 0 radical (unpaired) electrons. The number of allylic oxidation sites excluding steroid dienone is 2. The zero-order chi connectivity index (χ0) is 26.4. The summed E-state index contributed by atoms with van der Waals surface area (Å²) >= 11 is 13.6. The number of carbonyl (C=O) groups excluding carboxylic acids is 2. The summed E-state index contributed by atoms with van der Waals surface area (Å²) in [5.74, 6) is -1.27.